The number of aromatic hydroxyl groups is 1. The SMILES string of the molecule is C=CC1CN2CCC1C[C@@H]2[C@@H](Oc1c2ccccc2cc2ccccc12)c1ccnc2ccc(O)cc12. The second-order valence-corrected chi connectivity index (χ2v) is 10.5. The van der Waals surface area contributed by atoms with E-state index in [9.17, 15) is 5.11 Å². The van der Waals surface area contributed by atoms with Crippen molar-refractivity contribution in [3.8, 4) is 11.5 Å². The number of aromatic nitrogens is 1. The van der Waals surface area contributed by atoms with Crippen LogP contribution in [0.4, 0.5) is 0 Å². The lowest BCUT2D eigenvalue weighted by atomic mass is 9.73. The molecular formula is C33H30N2O2. The quantitative estimate of drug-likeness (QED) is 0.210. The predicted molar refractivity (Wildman–Crippen MR) is 150 cm³/mol. The van der Waals surface area contributed by atoms with Gasteiger partial charge in [-0.1, -0.05) is 54.6 Å². The Morgan fingerprint density at radius 1 is 0.946 bits per heavy atom. The number of phenolic OH excluding ortho intramolecular Hbond substituents is 1. The Morgan fingerprint density at radius 2 is 1.70 bits per heavy atom. The number of hydrogen-bond acceptors (Lipinski definition) is 4. The van der Waals surface area contributed by atoms with Gasteiger partial charge in [-0.15, -0.1) is 6.58 Å². The second kappa shape index (κ2) is 8.89. The Hall–Kier alpha value is -3.89. The third-order valence-corrected chi connectivity index (χ3v) is 8.54. The molecule has 2 bridgehead atoms. The van der Waals surface area contributed by atoms with Gasteiger partial charge in [0.25, 0.3) is 0 Å². The van der Waals surface area contributed by atoms with Gasteiger partial charge in [-0.2, -0.15) is 0 Å². The number of benzene rings is 4. The number of pyridine rings is 1. The molecule has 4 heteroatoms. The monoisotopic (exact) mass is 486 g/mol. The molecule has 0 aliphatic carbocycles. The Bertz CT molecular complexity index is 1590. The van der Waals surface area contributed by atoms with E-state index in [1.807, 2.05) is 18.3 Å². The van der Waals surface area contributed by atoms with Gasteiger partial charge in [-0.25, -0.2) is 0 Å². The summed E-state index contributed by atoms with van der Waals surface area (Å²) in [6, 6.07) is 26.9. The molecule has 1 aromatic heterocycles. The van der Waals surface area contributed by atoms with Crippen LogP contribution in [0.1, 0.15) is 24.5 Å². The van der Waals surface area contributed by atoms with Crippen molar-refractivity contribution in [2.24, 2.45) is 11.8 Å². The summed E-state index contributed by atoms with van der Waals surface area (Å²) >= 11 is 0. The Balaban J connectivity index is 1.44. The van der Waals surface area contributed by atoms with Crippen LogP contribution in [0.3, 0.4) is 0 Å². The molecule has 37 heavy (non-hydrogen) atoms. The van der Waals surface area contributed by atoms with Crippen molar-refractivity contribution in [3.05, 3.63) is 103 Å². The summed E-state index contributed by atoms with van der Waals surface area (Å²) in [7, 11) is 0. The molecule has 4 aromatic carbocycles. The van der Waals surface area contributed by atoms with E-state index in [-0.39, 0.29) is 17.9 Å². The minimum Gasteiger partial charge on any atom is -0.508 e. The first-order valence-electron chi connectivity index (χ1n) is 13.2. The van der Waals surface area contributed by atoms with Crippen LogP contribution in [0.2, 0.25) is 0 Å². The van der Waals surface area contributed by atoms with Crippen LogP contribution in [-0.4, -0.2) is 34.1 Å². The zero-order valence-electron chi connectivity index (χ0n) is 20.8. The van der Waals surface area contributed by atoms with Gasteiger partial charge < -0.3 is 9.84 Å². The molecule has 3 fully saturated rings. The summed E-state index contributed by atoms with van der Waals surface area (Å²) in [4.78, 5) is 7.19. The predicted octanol–water partition coefficient (Wildman–Crippen LogP) is 7.26. The van der Waals surface area contributed by atoms with Crippen LogP contribution >= 0.6 is 0 Å². The highest BCUT2D eigenvalue weighted by molar-refractivity contribution is 6.05. The Kier molecular flexibility index (Phi) is 5.37. The molecule has 0 saturated carbocycles. The normalized spacial score (nSPS) is 23.9. The maximum Gasteiger partial charge on any atom is 0.140 e. The standard InChI is InChI=1S/C33H30N2O2/c1-2-21-20-35-16-14-22(21)18-31(35)33(28-13-15-34-30-12-11-25(36)19-29(28)30)37-32-26-9-5-3-7-23(26)17-24-8-4-6-10-27(24)32/h2-13,15,17,19,21-22,31,33,36H,1,14,16,18,20H2/t21?,22?,31-,33+/m1/s1. The van der Waals surface area contributed by atoms with E-state index >= 15 is 0 Å². The zero-order chi connectivity index (χ0) is 24.9. The summed E-state index contributed by atoms with van der Waals surface area (Å²) in [5.74, 6) is 2.31. The first-order valence-corrected chi connectivity index (χ1v) is 13.2. The lowest BCUT2D eigenvalue weighted by molar-refractivity contribution is -0.0349. The maximum atomic E-state index is 10.4. The Morgan fingerprint density at radius 3 is 2.41 bits per heavy atom. The van der Waals surface area contributed by atoms with Crippen molar-refractivity contribution < 1.29 is 9.84 Å². The highest BCUT2D eigenvalue weighted by Gasteiger charge is 2.44. The van der Waals surface area contributed by atoms with Crippen molar-refractivity contribution in [2.75, 3.05) is 13.1 Å². The smallest absolute Gasteiger partial charge is 0.140 e. The molecule has 0 amide bonds. The van der Waals surface area contributed by atoms with Gasteiger partial charge in [0.2, 0.25) is 0 Å². The molecule has 3 aliphatic rings. The maximum absolute atomic E-state index is 10.4. The molecule has 184 valence electrons. The van der Waals surface area contributed by atoms with E-state index < -0.39 is 0 Å². The number of phenols is 1. The van der Waals surface area contributed by atoms with Gasteiger partial charge in [0, 0.05) is 34.5 Å². The summed E-state index contributed by atoms with van der Waals surface area (Å²) in [5, 5.41) is 15.9. The van der Waals surface area contributed by atoms with Crippen LogP contribution in [0.25, 0.3) is 32.4 Å². The Labute approximate surface area is 216 Å². The molecule has 4 nitrogen and oxygen atoms in total. The number of piperidine rings is 3. The molecular weight excluding hydrogens is 456 g/mol. The highest BCUT2D eigenvalue weighted by atomic mass is 16.5. The number of rotatable bonds is 5. The largest absolute Gasteiger partial charge is 0.508 e. The van der Waals surface area contributed by atoms with Crippen molar-refractivity contribution in [3.63, 3.8) is 0 Å². The molecule has 1 N–H and O–H groups in total. The summed E-state index contributed by atoms with van der Waals surface area (Å²) < 4.78 is 7.26. The zero-order valence-corrected chi connectivity index (χ0v) is 20.8. The molecule has 5 atom stereocenters. The van der Waals surface area contributed by atoms with Gasteiger partial charge >= 0.3 is 0 Å². The molecule has 3 aliphatic heterocycles. The lowest BCUT2D eigenvalue weighted by Crippen LogP contribution is -2.55. The average Bonchev–Trinajstić information content (AvgIpc) is 2.95. The number of hydrogen-bond donors (Lipinski definition) is 1. The van der Waals surface area contributed by atoms with E-state index in [1.165, 1.54) is 17.2 Å². The number of ether oxygens (including phenoxy) is 1. The van der Waals surface area contributed by atoms with Crippen LogP contribution in [0.5, 0.6) is 11.5 Å². The van der Waals surface area contributed by atoms with Crippen LogP contribution in [-0.2, 0) is 0 Å². The van der Waals surface area contributed by atoms with E-state index in [2.05, 4.69) is 83.2 Å². The fourth-order valence-corrected chi connectivity index (χ4v) is 6.67. The fourth-order valence-electron chi connectivity index (χ4n) is 6.67. The van der Waals surface area contributed by atoms with Gasteiger partial charge in [-0.05, 0) is 72.3 Å². The van der Waals surface area contributed by atoms with Crippen molar-refractivity contribution in [2.45, 2.75) is 25.0 Å². The van der Waals surface area contributed by atoms with E-state index in [0.717, 1.165) is 52.5 Å². The van der Waals surface area contributed by atoms with Crippen LogP contribution in [0, 0.1) is 11.8 Å². The molecule has 3 saturated heterocycles. The highest BCUT2D eigenvalue weighted by Crippen LogP contribution is 2.46. The van der Waals surface area contributed by atoms with Crippen LogP contribution in [0.15, 0.2) is 97.7 Å². The number of fused-ring (bicyclic) bond motifs is 6. The summed E-state index contributed by atoms with van der Waals surface area (Å²) in [6.45, 7) is 6.21. The third kappa shape index (κ3) is 3.75. The van der Waals surface area contributed by atoms with Gasteiger partial charge in [-0.3, -0.25) is 9.88 Å². The average molecular weight is 487 g/mol. The topological polar surface area (TPSA) is 45.6 Å². The van der Waals surface area contributed by atoms with Gasteiger partial charge in [0.05, 0.1) is 11.6 Å². The van der Waals surface area contributed by atoms with Crippen LogP contribution < -0.4 is 4.74 Å². The van der Waals surface area contributed by atoms with E-state index in [1.54, 1.807) is 6.07 Å². The van der Waals surface area contributed by atoms with Gasteiger partial charge in [0.15, 0.2) is 0 Å². The molecule has 8 rings (SSSR count). The molecule has 5 aromatic rings. The minimum atomic E-state index is -0.213. The first-order chi connectivity index (χ1) is 18.2. The van der Waals surface area contributed by atoms with Crippen molar-refractivity contribution >= 4 is 32.4 Å². The first kappa shape index (κ1) is 22.3. The molecule has 3 unspecified atom stereocenters. The molecule has 0 spiro atoms. The molecule has 0 radical (unpaired) electrons. The molecule has 4 heterocycles. The third-order valence-electron chi connectivity index (χ3n) is 8.54. The van der Waals surface area contributed by atoms with Gasteiger partial charge in [0.1, 0.15) is 17.6 Å². The summed E-state index contributed by atoms with van der Waals surface area (Å²) in [5.41, 5.74) is 1.94. The minimum absolute atomic E-state index is 0.213. The lowest BCUT2D eigenvalue weighted by Gasteiger charge is -2.51. The second-order valence-electron chi connectivity index (χ2n) is 10.5. The van der Waals surface area contributed by atoms with E-state index in [0.29, 0.717) is 11.8 Å². The van der Waals surface area contributed by atoms with Crippen molar-refractivity contribution in [1.29, 1.82) is 0 Å². The van der Waals surface area contributed by atoms with E-state index in [4.69, 9.17) is 4.74 Å². The summed E-state index contributed by atoms with van der Waals surface area (Å²) in [6.07, 6.45) is 6.06. The fraction of sp³-hybridized carbons (Fsp3) is 0.242. The van der Waals surface area contributed by atoms with Crippen molar-refractivity contribution in [1.82, 2.24) is 9.88 Å². The number of nitrogens with zero attached hydrogens (tertiary/aromatic N) is 2.